The lowest BCUT2D eigenvalue weighted by atomic mass is 10.1. The summed E-state index contributed by atoms with van der Waals surface area (Å²) < 4.78 is 44.4. The van der Waals surface area contributed by atoms with Gasteiger partial charge in [0.05, 0.1) is 30.4 Å². The minimum absolute atomic E-state index is 0. The van der Waals surface area contributed by atoms with E-state index in [-0.39, 0.29) is 49.7 Å². The Hall–Kier alpha value is -1.84. The molecule has 2 rings (SSSR count). The number of halogens is 4. The van der Waals surface area contributed by atoms with E-state index < -0.39 is 17.6 Å². The van der Waals surface area contributed by atoms with Crippen molar-refractivity contribution in [3.8, 4) is 0 Å². The standard InChI is InChI=1S/C18H24F3N3O3.ClH/c1-2-24(17(26)11-22-10-13-6-5-9-27-13)12-16(25)23-15-8-4-3-7-14(15)18(19,20)21;/h3-4,7-8,13,22H,2,5-6,9-12H2,1H3,(H,23,25);1H. The Balaban J connectivity index is 0.00000392. The molecule has 0 radical (unpaired) electrons. The van der Waals surface area contributed by atoms with Crippen molar-refractivity contribution in [1.82, 2.24) is 10.2 Å². The average molecular weight is 424 g/mol. The molecule has 1 aliphatic heterocycles. The minimum Gasteiger partial charge on any atom is -0.377 e. The van der Waals surface area contributed by atoms with Crippen molar-refractivity contribution in [2.24, 2.45) is 0 Å². The van der Waals surface area contributed by atoms with Crippen LogP contribution in [-0.4, -0.2) is 55.6 Å². The molecule has 0 aromatic heterocycles. The van der Waals surface area contributed by atoms with Crippen LogP contribution in [0.3, 0.4) is 0 Å². The monoisotopic (exact) mass is 423 g/mol. The van der Waals surface area contributed by atoms with Gasteiger partial charge in [0.2, 0.25) is 11.8 Å². The predicted molar refractivity (Wildman–Crippen MR) is 101 cm³/mol. The molecule has 1 fully saturated rings. The van der Waals surface area contributed by atoms with Crippen LogP contribution >= 0.6 is 12.4 Å². The van der Waals surface area contributed by atoms with Gasteiger partial charge in [-0.2, -0.15) is 13.2 Å². The van der Waals surface area contributed by atoms with Gasteiger partial charge in [-0.05, 0) is 31.9 Å². The summed E-state index contributed by atoms with van der Waals surface area (Å²) in [6.45, 7) is 2.97. The fourth-order valence-electron chi connectivity index (χ4n) is 2.84. The van der Waals surface area contributed by atoms with E-state index in [1.54, 1.807) is 6.92 Å². The molecule has 2 N–H and O–H groups in total. The molecule has 6 nitrogen and oxygen atoms in total. The van der Waals surface area contributed by atoms with Crippen molar-refractivity contribution in [1.29, 1.82) is 0 Å². The quantitative estimate of drug-likeness (QED) is 0.674. The number of hydrogen-bond donors (Lipinski definition) is 2. The first-order valence-electron chi connectivity index (χ1n) is 8.87. The molecule has 0 bridgehead atoms. The van der Waals surface area contributed by atoms with Gasteiger partial charge < -0.3 is 20.3 Å². The Kier molecular flexibility index (Phi) is 9.71. The van der Waals surface area contributed by atoms with Crippen molar-refractivity contribution in [3.63, 3.8) is 0 Å². The predicted octanol–water partition coefficient (Wildman–Crippen LogP) is 2.68. The first-order chi connectivity index (χ1) is 12.8. The Morgan fingerprint density at radius 2 is 2.00 bits per heavy atom. The Morgan fingerprint density at radius 3 is 2.61 bits per heavy atom. The number of anilines is 1. The summed E-state index contributed by atoms with van der Waals surface area (Å²) in [5, 5.41) is 5.24. The zero-order chi connectivity index (χ0) is 19.9. The van der Waals surface area contributed by atoms with Crippen molar-refractivity contribution in [3.05, 3.63) is 29.8 Å². The number of likely N-dealkylation sites (N-methyl/N-ethyl adjacent to an activating group) is 1. The Labute approximate surface area is 168 Å². The molecule has 28 heavy (non-hydrogen) atoms. The zero-order valence-corrected chi connectivity index (χ0v) is 16.4. The van der Waals surface area contributed by atoms with Gasteiger partial charge in [0.1, 0.15) is 0 Å². The number of ether oxygens (including phenoxy) is 1. The van der Waals surface area contributed by atoms with Crippen molar-refractivity contribution >= 4 is 29.9 Å². The van der Waals surface area contributed by atoms with E-state index in [0.29, 0.717) is 6.54 Å². The summed E-state index contributed by atoms with van der Waals surface area (Å²) in [7, 11) is 0. The van der Waals surface area contributed by atoms with E-state index >= 15 is 0 Å². The molecule has 0 spiro atoms. The first kappa shape index (κ1) is 24.2. The van der Waals surface area contributed by atoms with E-state index in [1.807, 2.05) is 0 Å². The van der Waals surface area contributed by atoms with E-state index in [9.17, 15) is 22.8 Å². The molecule has 1 aliphatic rings. The fraction of sp³-hybridized carbons (Fsp3) is 0.556. The molecule has 0 aliphatic carbocycles. The number of nitrogens with zero attached hydrogens (tertiary/aromatic N) is 1. The molecule has 1 aromatic rings. The van der Waals surface area contributed by atoms with Crippen LogP contribution in [0, 0.1) is 0 Å². The topological polar surface area (TPSA) is 70.7 Å². The van der Waals surface area contributed by atoms with Gasteiger partial charge in [-0.3, -0.25) is 9.59 Å². The number of para-hydroxylation sites is 1. The average Bonchev–Trinajstić information content (AvgIpc) is 3.12. The fourth-order valence-corrected chi connectivity index (χ4v) is 2.84. The molecule has 10 heteroatoms. The van der Waals surface area contributed by atoms with Crippen molar-refractivity contribution < 1.29 is 27.5 Å². The number of rotatable bonds is 8. The number of carbonyl (C=O) groups is 2. The largest absolute Gasteiger partial charge is 0.418 e. The molecule has 2 amide bonds. The summed E-state index contributed by atoms with van der Waals surface area (Å²) in [4.78, 5) is 25.6. The summed E-state index contributed by atoms with van der Waals surface area (Å²) >= 11 is 0. The summed E-state index contributed by atoms with van der Waals surface area (Å²) in [5.41, 5.74) is -1.25. The Morgan fingerprint density at radius 1 is 1.29 bits per heavy atom. The molecule has 1 atom stereocenters. The van der Waals surface area contributed by atoms with Crippen LogP contribution in [0.2, 0.25) is 0 Å². The highest BCUT2D eigenvalue weighted by molar-refractivity contribution is 5.95. The molecule has 1 unspecified atom stereocenters. The summed E-state index contributed by atoms with van der Waals surface area (Å²) in [6.07, 6.45) is -2.54. The molecule has 1 aromatic carbocycles. The molecule has 0 saturated carbocycles. The van der Waals surface area contributed by atoms with Gasteiger partial charge in [-0.25, -0.2) is 0 Å². The number of alkyl halides is 3. The van der Waals surface area contributed by atoms with Crippen LogP contribution in [0.4, 0.5) is 18.9 Å². The lowest BCUT2D eigenvalue weighted by Gasteiger charge is -2.22. The molecular formula is C18H25ClF3N3O3. The van der Waals surface area contributed by atoms with Gasteiger partial charge in [-0.1, -0.05) is 12.1 Å². The number of carbonyl (C=O) groups excluding carboxylic acids is 2. The maximum absolute atomic E-state index is 13.0. The normalized spacial score (nSPS) is 16.4. The first-order valence-corrected chi connectivity index (χ1v) is 8.87. The minimum atomic E-state index is -4.57. The number of hydrogen-bond acceptors (Lipinski definition) is 4. The lowest BCUT2D eigenvalue weighted by Crippen LogP contribution is -2.43. The van der Waals surface area contributed by atoms with Crippen LogP contribution in [-0.2, 0) is 20.5 Å². The number of nitrogens with one attached hydrogen (secondary N) is 2. The molecule has 1 saturated heterocycles. The van der Waals surface area contributed by atoms with Gasteiger partial charge >= 0.3 is 6.18 Å². The van der Waals surface area contributed by atoms with Crippen molar-refractivity contribution in [2.45, 2.75) is 32.0 Å². The van der Waals surface area contributed by atoms with E-state index in [1.165, 1.54) is 23.1 Å². The van der Waals surface area contributed by atoms with Gasteiger partial charge in [0.15, 0.2) is 0 Å². The summed E-state index contributed by atoms with van der Waals surface area (Å²) in [5.74, 6) is -0.976. The third-order valence-electron chi connectivity index (χ3n) is 4.25. The highest BCUT2D eigenvalue weighted by atomic mass is 35.5. The third kappa shape index (κ3) is 7.29. The van der Waals surface area contributed by atoms with Gasteiger partial charge in [0, 0.05) is 19.7 Å². The molecular weight excluding hydrogens is 399 g/mol. The SMILES string of the molecule is CCN(CC(=O)Nc1ccccc1C(F)(F)F)C(=O)CNCC1CCCO1.Cl. The Bertz CT molecular complexity index is 652. The third-order valence-corrected chi connectivity index (χ3v) is 4.25. The highest BCUT2D eigenvalue weighted by Crippen LogP contribution is 2.34. The lowest BCUT2D eigenvalue weighted by molar-refractivity contribution is -0.137. The van der Waals surface area contributed by atoms with E-state index in [2.05, 4.69) is 10.6 Å². The van der Waals surface area contributed by atoms with Crippen molar-refractivity contribution in [2.75, 3.05) is 38.1 Å². The molecule has 1 heterocycles. The second-order valence-electron chi connectivity index (χ2n) is 6.27. The number of amides is 2. The van der Waals surface area contributed by atoms with E-state index in [0.717, 1.165) is 25.5 Å². The second-order valence-corrected chi connectivity index (χ2v) is 6.27. The van der Waals surface area contributed by atoms with Gasteiger partial charge in [-0.15, -0.1) is 12.4 Å². The van der Waals surface area contributed by atoms with Crippen LogP contribution in [0.25, 0.3) is 0 Å². The smallest absolute Gasteiger partial charge is 0.377 e. The summed E-state index contributed by atoms with van der Waals surface area (Å²) in [6, 6.07) is 4.73. The van der Waals surface area contributed by atoms with Crippen LogP contribution in [0.15, 0.2) is 24.3 Å². The highest BCUT2D eigenvalue weighted by Gasteiger charge is 2.33. The van der Waals surface area contributed by atoms with Crippen LogP contribution < -0.4 is 10.6 Å². The maximum Gasteiger partial charge on any atom is 0.418 e. The second kappa shape index (κ2) is 11.2. The van der Waals surface area contributed by atoms with Gasteiger partial charge in [0.25, 0.3) is 0 Å². The zero-order valence-electron chi connectivity index (χ0n) is 15.6. The van der Waals surface area contributed by atoms with E-state index in [4.69, 9.17) is 4.74 Å². The maximum atomic E-state index is 13.0. The van der Waals surface area contributed by atoms with Crippen LogP contribution in [0.1, 0.15) is 25.3 Å². The molecule has 158 valence electrons. The number of benzene rings is 1. The van der Waals surface area contributed by atoms with Crippen LogP contribution in [0.5, 0.6) is 0 Å².